The van der Waals surface area contributed by atoms with Crippen LogP contribution in [0, 0.1) is 13.8 Å². The number of benzene rings is 2. The van der Waals surface area contributed by atoms with Crippen molar-refractivity contribution in [2.24, 2.45) is 0 Å². The first-order valence-corrected chi connectivity index (χ1v) is 10.3. The first-order valence-electron chi connectivity index (χ1n) is 9.93. The van der Waals surface area contributed by atoms with Gasteiger partial charge in [-0.25, -0.2) is 0 Å². The van der Waals surface area contributed by atoms with E-state index in [-0.39, 0.29) is 16.5 Å². The number of alkyl halides is 3. The first kappa shape index (κ1) is 23.5. The van der Waals surface area contributed by atoms with E-state index >= 15 is 0 Å². The summed E-state index contributed by atoms with van der Waals surface area (Å²) in [6.45, 7) is 3.78. The van der Waals surface area contributed by atoms with Crippen LogP contribution in [-0.2, 0) is 6.54 Å². The van der Waals surface area contributed by atoms with Crippen LogP contribution in [0.25, 0.3) is 6.08 Å². The van der Waals surface area contributed by atoms with Gasteiger partial charge in [-0.3, -0.25) is 9.78 Å². The molecular weight excluding hydrogens is 437 g/mol. The second-order valence-electron chi connectivity index (χ2n) is 7.56. The van der Waals surface area contributed by atoms with Crippen LogP contribution in [0.1, 0.15) is 44.1 Å². The predicted octanol–water partition coefficient (Wildman–Crippen LogP) is 6.64. The van der Waals surface area contributed by atoms with E-state index in [1.165, 1.54) is 18.2 Å². The van der Waals surface area contributed by atoms with E-state index in [1.807, 2.05) is 6.07 Å². The zero-order valence-electron chi connectivity index (χ0n) is 17.6. The van der Waals surface area contributed by atoms with Gasteiger partial charge < -0.3 is 5.32 Å². The third kappa shape index (κ3) is 6.20. The molecule has 0 bridgehead atoms. The van der Waals surface area contributed by atoms with Gasteiger partial charge in [0.05, 0.1) is 5.92 Å². The van der Waals surface area contributed by atoms with Crippen LogP contribution in [0.4, 0.5) is 13.2 Å². The topological polar surface area (TPSA) is 42.0 Å². The third-order valence-corrected chi connectivity index (χ3v) is 5.15. The highest BCUT2D eigenvalue weighted by atomic mass is 35.5. The minimum Gasteiger partial charge on any atom is -0.348 e. The number of nitrogens with zero attached hydrogens (tertiary/aromatic N) is 1. The average Bonchev–Trinajstić information content (AvgIpc) is 2.71. The maximum Gasteiger partial charge on any atom is 0.399 e. The van der Waals surface area contributed by atoms with E-state index in [0.29, 0.717) is 28.8 Å². The number of rotatable bonds is 6. The average molecular weight is 459 g/mol. The van der Waals surface area contributed by atoms with Gasteiger partial charge in [0.2, 0.25) is 0 Å². The van der Waals surface area contributed by atoms with Crippen molar-refractivity contribution in [1.29, 1.82) is 0 Å². The molecule has 0 aliphatic carbocycles. The molecule has 3 rings (SSSR count). The lowest BCUT2D eigenvalue weighted by Crippen LogP contribution is -2.23. The fourth-order valence-electron chi connectivity index (χ4n) is 3.39. The molecule has 0 spiro atoms. The molecular formula is C25H22ClF3N2O. The van der Waals surface area contributed by atoms with E-state index in [4.69, 9.17) is 11.6 Å². The summed E-state index contributed by atoms with van der Waals surface area (Å²) in [6, 6.07) is 13.0. The van der Waals surface area contributed by atoms with E-state index in [9.17, 15) is 18.0 Å². The molecule has 0 aliphatic rings. The Kier molecular flexibility index (Phi) is 7.36. The first-order chi connectivity index (χ1) is 15.1. The van der Waals surface area contributed by atoms with Crippen molar-refractivity contribution in [1.82, 2.24) is 10.3 Å². The van der Waals surface area contributed by atoms with Gasteiger partial charge in [0.25, 0.3) is 5.91 Å². The summed E-state index contributed by atoms with van der Waals surface area (Å²) in [5.74, 6) is -2.05. The molecule has 32 heavy (non-hydrogen) atoms. The number of aryl methyl sites for hydroxylation is 2. The number of nitrogens with one attached hydrogen (secondary N) is 1. The van der Waals surface area contributed by atoms with E-state index in [1.54, 1.807) is 56.6 Å². The minimum absolute atomic E-state index is 0.0851. The molecule has 1 unspecified atom stereocenters. The Bertz CT molecular complexity index is 1110. The molecule has 1 aromatic heterocycles. The molecule has 7 heteroatoms. The highest BCUT2D eigenvalue weighted by Gasteiger charge is 2.39. The van der Waals surface area contributed by atoms with Gasteiger partial charge in [-0.05, 0) is 65.9 Å². The molecule has 1 atom stereocenters. The second kappa shape index (κ2) is 10.0. The molecule has 0 saturated carbocycles. The van der Waals surface area contributed by atoms with Gasteiger partial charge in [-0.1, -0.05) is 48.0 Å². The molecule has 1 amide bonds. The van der Waals surface area contributed by atoms with E-state index in [0.717, 1.165) is 11.6 Å². The smallest absolute Gasteiger partial charge is 0.348 e. The minimum atomic E-state index is -4.46. The van der Waals surface area contributed by atoms with Gasteiger partial charge in [0.15, 0.2) is 0 Å². The number of amides is 1. The molecule has 0 saturated heterocycles. The highest BCUT2D eigenvalue weighted by molar-refractivity contribution is 6.30. The standard InChI is InChI=1S/C25H22ClF3N2O/c1-16-10-20(13-21(26)11-16)23(25(27,28)29)8-6-18-5-7-22(17(2)12-18)24(32)31-15-19-4-3-9-30-14-19/h3-14,23H,15H2,1-2H3,(H,31,32)/b8-6+. The number of carbonyl (C=O) groups excluding carboxylic acids is 1. The van der Waals surface area contributed by atoms with Crippen LogP contribution in [0.15, 0.2) is 67.0 Å². The van der Waals surface area contributed by atoms with Crippen LogP contribution in [0.5, 0.6) is 0 Å². The molecule has 0 aliphatic heterocycles. The molecule has 0 fully saturated rings. The predicted molar refractivity (Wildman–Crippen MR) is 121 cm³/mol. The van der Waals surface area contributed by atoms with Crippen LogP contribution in [0.2, 0.25) is 5.02 Å². The lowest BCUT2D eigenvalue weighted by Gasteiger charge is -2.18. The lowest BCUT2D eigenvalue weighted by molar-refractivity contribution is -0.139. The Morgan fingerprint density at radius 1 is 1.16 bits per heavy atom. The van der Waals surface area contributed by atoms with Crippen LogP contribution in [0.3, 0.4) is 0 Å². The summed E-state index contributed by atoms with van der Waals surface area (Å²) in [5, 5.41) is 3.08. The number of carbonyl (C=O) groups is 1. The summed E-state index contributed by atoms with van der Waals surface area (Å²) in [5.41, 5.74) is 3.31. The molecule has 3 aromatic rings. The number of aromatic nitrogens is 1. The van der Waals surface area contributed by atoms with Crippen molar-refractivity contribution in [2.45, 2.75) is 32.5 Å². The SMILES string of the molecule is Cc1cc(Cl)cc(C(/C=C/c2ccc(C(=O)NCc3cccnc3)c(C)c2)C(F)(F)F)c1. The van der Waals surface area contributed by atoms with Crippen molar-refractivity contribution in [3.05, 3.63) is 105 Å². The summed E-state index contributed by atoms with van der Waals surface area (Å²) < 4.78 is 41.1. The largest absolute Gasteiger partial charge is 0.399 e. The van der Waals surface area contributed by atoms with Crippen LogP contribution in [-0.4, -0.2) is 17.1 Å². The van der Waals surface area contributed by atoms with Crippen molar-refractivity contribution < 1.29 is 18.0 Å². The van der Waals surface area contributed by atoms with E-state index < -0.39 is 12.1 Å². The van der Waals surface area contributed by atoms with Crippen molar-refractivity contribution in [3.63, 3.8) is 0 Å². The van der Waals surface area contributed by atoms with Gasteiger partial charge in [0, 0.05) is 29.5 Å². The monoisotopic (exact) mass is 458 g/mol. The quantitative estimate of drug-likeness (QED) is 0.449. The number of pyridine rings is 1. The Morgan fingerprint density at radius 2 is 1.94 bits per heavy atom. The summed E-state index contributed by atoms with van der Waals surface area (Å²) in [6.07, 6.45) is 1.38. The Balaban J connectivity index is 1.77. The van der Waals surface area contributed by atoms with Crippen LogP contribution < -0.4 is 5.32 Å². The van der Waals surface area contributed by atoms with Gasteiger partial charge in [0.1, 0.15) is 0 Å². The third-order valence-electron chi connectivity index (χ3n) is 4.93. The molecule has 0 radical (unpaired) electrons. The maximum atomic E-state index is 13.7. The number of allylic oxidation sites excluding steroid dienone is 1. The Hall–Kier alpha value is -3.12. The molecule has 2 aromatic carbocycles. The fraction of sp³-hybridized carbons (Fsp3) is 0.200. The van der Waals surface area contributed by atoms with Gasteiger partial charge >= 0.3 is 6.18 Å². The van der Waals surface area contributed by atoms with Gasteiger partial charge in [-0.2, -0.15) is 13.2 Å². The molecule has 1 heterocycles. The summed E-state index contributed by atoms with van der Waals surface area (Å²) >= 11 is 5.96. The zero-order valence-corrected chi connectivity index (χ0v) is 18.3. The summed E-state index contributed by atoms with van der Waals surface area (Å²) in [4.78, 5) is 16.5. The number of halogens is 4. The number of hydrogen-bond acceptors (Lipinski definition) is 2. The van der Waals surface area contributed by atoms with E-state index in [2.05, 4.69) is 10.3 Å². The fourth-order valence-corrected chi connectivity index (χ4v) is 3.68. The summed E-state index contributed by atoms with van der Waals surface area (Å²) in [7, 11) is 0. The van der Waals surface area contributed by atoms with Crippen molar-refractivity contribution in [3.8, 4) is 0 Å². The lowest BCUT2D eigenvalue weighted by atomic mass is 9.95. The number of hydrogen-bond donors (Lipinski definition) is 1. The Morgan fingerprint density at radius 3 is 2.56 bits per heavy atom. The maximum absolute atomic E-state index is 13.7. The Labute approximate surface area is 190 Å². The zero-order chi connectivity index (χ0) is 23.3. The highest BCUT2D eigenvalue weighted by Crippen LogP contribution is 2.37. The molecule has 3 nitrogen and oxygen atoms in total. The molecule has 1 N–H and O–H groups in total. The van der Waals surface area contributed by atoms with Crippen molar-refractivity contribution in [2.75, 3.05) is 0 Å². The van der Waals surface area contributed by atoms with Crippen molar-refractivity contribution >= 4 is 23.6 Å². The normalized spacial score (nSPS) is 12.7. The van der Waals surface area contributed by atoms with Crippen LogP contribution >= 0.6 is 11.6 Å². The van der Waals surface area contributed by atoms with Gasteiger partial charge in [-0.15, -0.1) is 0 Å². The second-order valence-corrected chi connectivity index (χ2v) is 8.00. The molecule has 166 valence electrons.